The Labute approximate surface area is 161 Å². The van der Waals surface area contributed by atoms with E-state index in [4.69, 9.17) is 4.74 Å². The minimum atomic E-state index is -0.130. The molecule has 4 rings (SSSR count). The van der Waals surface area contributed by atoms with E-state index in [1.165, 1.54) is 6.33 Å². The normalized spacial score (nSPS) is 13.9. The number of phenols is 1. The van der Waals surface area contributed by atoms with Crippen LogP contribution in [0.4, 0.5) is 0 Å². The Bertz CT molecular complexity index is 1040. The lowest BCUT2D eigenvalue weighted by Crippen LogP contribution is -2.35. The third-order valence-corrected chi connectivity index (χ3v) is 4.71. The Morgan fingerprint density at radius 3 is 2.89 bits per heavy atom. The van der Waals surface area contributed by atoms with Gasteiger partial charge in [0.2, 0.25) is 0 Å². The molecule has 0 amide bonds. The number of H-pyrrole nitrogens is 1. The van der Waals surface area contributed by atoms with E-state index in [2.05, 4.69) is 24.8 Å². The predicted octanol–water partition coefficient (Wildman–Crippen LogP) is 1.89. The predicted molar refractivity (Wildman–Crippen MR) is 103 cm³/mol. The lowest BCUT2D eigenvalue weighted by atomic mass is 10.1. The van der Waals surface area contributed by atoms with Crippen LogP contribution in [-0.2, 0) is 19.5 Å². The summed E-state index contributed by atoms with van der Waals surface area (Å²) >= 11 is 0. The van der Waals surface area contributed by atoms with Crippen LogP contribution in [0.15, 0.2) is 41.7 Å². The average molecular weight is 379 g/mol. The van der Waals surface area contributed by atoms with Gasteiger partial charge in [-0.05, 0) is 24.6 Å². The molecule has 8 heteroatoms. The zero-order chi connectivity index (χ0) is 19.5. The van der Waals surface area contributed by atoms with E-state index in [0.29, 0.717) is 48.8 Å². The van der Waals surface area contributed by atoms with Gasteiger partial charge in [-0.15, -0.1) is 0 Å². The highest BCUT2D eigenvalue weighted by Crippen LogP contribution is 2.28. The van der Waals surface area contributed by atoms with Gasteiger partial charge in [-0.1, -0.05) is 6.07 Å². The summed E-state index contributed by atoms with van der Waals surface area (Å²) in [5, 5.41) is 9.86. The molecule has 1 aliphatic rings. The van der Waals surface area contributed by atoms with Crippen LogP contribution in [0.2, 0.25) is 0 Å². The van der Waals surface area contributed by atoms with Crippen LogP contribution in [0.25, 0.3) is 11.4 Å². The van der Waals surface area contributed by atoms with Gasteiger partial charge in [0.1, 0.15) is 12.2 Å². The van der Waals surface area contributed by atoms with Crippen molar-refractivity contribution >= 4 is 0 Å². The molecule has 3 heterocycles. The number of ether oxygens (including phenoxy) is 1. The van der Waals surface area contributed by atoms with Crippen molar-refractivity contribution in [2.24, 2.45) is 0 Å². The van der Waals surface area contributed by atoms with E-state index in [-0.39, 0.29) is 11.3 Å². The van der Waals surface area contributed by atoms with Crippen LogP contribution in [0.1, 0.15) is 23.7 Å². The monoisotopic (exact) mass is 379 g/mol. The number of aromatic amines is 1. The van der Waals surface area contributed by atoms with Crippen molar-refractivity contribution < 1.29 is 9.84 Å². The molecule has 0 atom stereocenters. The molecule has 0 bridgehead atoms. The summed E-state index contributed by atoms with van der Waals surface area (Å²) in [6.07, 6.45) is 5.40. The maximum absolute atomic E-state index is 12.6. The second kappa shape index (κ2) is 7.77. The number of rotatable bonds is 5. The van der Waals surface area contributed by atoms with E-state index in [0.717, 1.165) is 17.8 Å². The molecule has 0 unspecified atom stereocenters. The molecule has 28 heavy (non-hydrogen) atoms. The molecule has 1 aromatic carbocycles. The first-order valence-electron chi connectivity index (χ1n) is 9.18. The fraction of sp³-hybridized carbons (Fsp3) is 0.300. The number of fused-ring (bicyclic) bond motifs is 1. The Morgan fingerprint density at radius 1 is 1.29 bits per heavy atom. The minimum Gasteiger partial charge on any atom is -0.504 e. The standard InChI is InChI=1S/C20H21N5O3/c1-2-28-18-7-13(3-4-17(18)26)10-25-6-5-16-15(11-25)20(27)24-19(23-16)14-8-21-12-22-9-14/h3-4,7-9,12,26H,2,5-6,10-11H2,1H3,(H,23,24,27). The first-order valence-corrected chi connectivity index (χ1v) is 9.18. The number of aromatic nitrogens is 4. The highest BCUT2D eigenvalue weighted by atomic mass is 16.5. The largest absolute Gasteiger partial charge is 0.504 e. The van der Waals surface area contributed by atoms with Gasteiger partial charge in [0, 0.05) is 38.4 Å². The lowest BCUT2D eigenvalue weighted by Gasteiger charge is -2.27. The molecule has 144 valence electrons. The first-order chi connectivity index (χ1) is 13.6. The minimum absolute atomic E-state index is 0.130. The maximum atomic E-state index is 12.6. The van der Waals surface area contributed by atoms with Crippen LogP contribution in [-0.4, -0.2) is 43.1 Å². The Hall–Kier alpha value is -3.26. The van der Waals surface area contributed by atoms with Crippen LogP contribution >= 0.6 is 0 Å². The smallest absolute Gasteiger partial charge is 0.255 e. The molecule has 1 aliphatic heterocycles. The number of hydrogen-bond acceptors (Lipinski definition) is 7. The van der Waals surface area contributed by atoms with Crippen LogP contribution < -0.4 is 10.3 Å². The molecule has 8 nitrogen and oxygen atoms in total. The first kappa shape index (κ1) is 18.1. The summed E-state index contributed by atoms with van der Waals surface area (Å²) in [6, 6.07) is 5.35. The highest BCUT2D eigenvalue weighted by molar-refractivity contribution is 5.52. The van der Waals surface area contributed by atoms with Gasteiger partial charge in [-0.3, -0.25) is 9.69 Å². The van der Waals surface area contributed by atoms with Gasteiger partial charge >= 0.3 is 0 Å². The van der Waals surface area contributed by atoms with Gasteiger partial charge < -0.3 is 14.8 Å². The zero-order valence-electron chi connectivity index (χ0n) is 15.6. The fourth-order valence-corrected chi connectivity index (χ4v) is 3.36. The van der Waals surface area contributed by atoms with E-state index < -0.39 is 0 Å². The van der Waals surface area contributed by atoms with Crippen LogP contribution in [0, 0.1) is 0 Å². The summed E-state index contributed by atoms with van der Waals surface area (Å²) in [5.74, 6) is 1.11. The van der Waals surface area contributed by atoms with Gasteiger partial charge in [-0.2, -0.15) is 0 Å². The topological polar surface area (TPSA) is 104 Å². The zero-order valence-corrected chi connectivity index (χ0v) is 15.6. The number of phenolic OH excluding ortho intramolecular Hbond substituents is 1. The van der Waals surface area contributed by atoms with E-state index in [9.17, 15) is 9.90 Å². The van der Waals surface area contributed by atoms with Crippen molar-refractivity contribution in [3.8, 4) is 22.9 Å². The summed E-state index contributed by atoms with van der Waals surface area (Å²) in [5.41, 5.74) is 3.09. The Balaban J connectivity index is 1.54. The third kappa shape index (κ3) is 3.72. The molecule has 0 saturated heterocycles. The number of nitrogens with zero attached hydrogens (tertiary/aromatic N) is 4. The van der Waals surface area contributed by atoms with Crippen molar-refractivity contribution in [3.05, 3.63) is 64.1 Å². The molecule has 0 fully saturated rings. The van der Waals surface area contributed by atoms with E-state index >= 15 is 0 Å². The molecular weight excluding hydrogens is 358 g/mol. The number of aromatic hydroxyl groups is 1. The molecule has 0 aliphatic carbocycles. The van der Waals surface area contributed by atoms with E-state index in [1.54, 1.807) is 18.5 Å². The molecule has 0 saturated carbocycles. The highest BCUT2D eigenvalue weighted by Gasteiger charge is 2.22. The van der Waals surface area contributed by atoms with Crippen molar-refractivity contribution in [2.75, 3.05) is 13.2 Å². The van der Waals surface area contributed by atoms with Gasteiger partial charge in [0.05, 0.1) is 23.4 Å². The van der Waals surface area contributed by atoms with Crippen molar-refractivity contribution in [2.45, 2.75) is 26.4 Å². The molecule has 0 spiro atoms. The summed E-state index contributed by atoms with van der Waals surface area (Å²) in [7, 11) is 0. The SMILES string of the molecule is CCOc1cc(CN2CCc3nc(-c4cncnc4)[nH]c(=O)c3C2)ccc1O. The quantitative estimate of drug-likeness (QED) is 0.697. The van der Waals surface area contributed by atoms with Crippen molar-refractivity contribution in [1.82, 2.24) is 24.8 Å². The Morgan fingerprint density at radius 2 is 2.11 bits per heavy atom. The second-order valence-corrected chi connectivity index (χ2v) is 6.66. The molecule has 3 aromatic rings. The molecule has 0 radical (unpaired) electrons. The van der Waals surface area contributed by atoms with Crippen molar-refractivity contribution in [3.63, 3.8) is 0 Å². The average Bonchev–Trinajstić information content (AvgIpc) is 2.72. The third-order valence-electron chi connectivity index (χ3n) is 4.71. The fourth-order valence-electron chi connectivity index (χ4n) is 3.36. The summed E-state index contributed by atoms with van der Waals surface area (Å²) in [6.45, 7) is 4.34. The van der Waals surface area contributed by atoms with Crippen molar-refractivity contribution in [1.29, 1.82) is 0 Å². The maximum Gasteiger partial charge on any atom is 0.255 e. The molecule has 2 N–H and O–H groups in total. The summed E-state index contributed by atoms with van der Waals surface area (Å²) in [4.78, 5) is 30.2. The van der Waals surface area contributed by atoms with Crippen LogP contribution in [0.5, 0.6) is 11.5 Å². The number of benzene rings is 1. The van der Waals surface area contributed by atoms with Gasteiger partial charge in [0.15, 0.2) is 11.5 Å². The van der Waals surface area contributed by atoms with Crippen LogP contribution in [0.3, 0.4) is 0 Å². The summed E-state index contributed by atoms with van der Waals surface area (Å²) < 4.78 is 5.45. The van der Waals surface area contributed by atoms with E-state index in [1.807, 2.05) is 19.1 Å². The number of nitrogens with one attached hydrogen (secondary N) is 1. The molecule has 2 aromatic heterocycles. The Kier molecular flexibility index (Phi) is 5.03. The molecular formula is C20H21N5O3. The second-order valence-electron chi connectivity index (χ2n) is 6.66. The number of hydrogen-bond donors (Lipinski definition) is 2. The van der Waals surface area contributed by atoms with Gasteiger partial charge in [-0.25, -0.2) is 15.0 Å². The lowest BCUT2D eigenvalue weighted by molar-refractivity contribution is 0.241. The van der Waals surface area contributed by atoms with Gasteiger partial charge in [0.25, 0.3) is 5.56 Å².